The van der Waals surface area contributed by atoms with Crippen LogP contribution in [0.15, 0.2) is 24.3 Å². The van der Waals surface area contributed by atoms with E-state index in [2.05, 4.69) is 11.1 Å². The number of phenols is 2. The van der Waals surface area contributed by atoms with Crippen molar-refractivity contribution in [1.29, 1.82) is 0 Å². The Morgan fingerprint density at radius 1 is 0.882 bits per heavy atom. The standard InChI is InChI=1S/C14H13NO2/c1-7-3-8(2)13-10(4-7)15-11-5-9(16)6-12(17)14(11)13/h3-6,15-17H,1-2H3. The quantitative estimate of drug-likeness (QED) is 0.551. The minimum atomic E-state index is 0.0657. The van der Waals surface area contributed by atoms with Gasteiger partial charge in [-0.25, -0.2) is 0 Å². The van der Waals surface area contributed by atoms with Gasteiger partial charge in [-0.1, -0.05) is 6.07 Å². The summed E-state index contributed by atoms with van der Waals surface area (Å²) in [5, 5.41) is 21.2. The van der Waals surface area contributed by atoms with Crippen molar-refractivity contribution >= 4 is 21.8 Å². The Balaban J connectivity index is 2.60. The number of rotatable bonds is 0. The third kappa shape index (κ3) is 1.35. The van der Waals surface area contributed by atoms with Crippen molar-refractivity contribution in [1.82, 2.24) is 4.98 Å². The molecule has 0 amide bonds. The van der Waals surface area contributed by atoms with Gasteiger partial charge in [0.15, 0.2) is 0 Å². The smallest absolute Gasteiger partial charge is 0.129 e. The van der Waals surface area contributed by atoms with Gasteiger partial charge in [0.1, 0.15) is 11.5 Å². The van der Waals surface area contributed by atoms with Gasteiger partial charge >= 0.3 is 0 Å². The first kappa shape index (κ1) is 10.0. The number of aromatic nitrogens is 1. The highest BCUT2D eigenvalue weighted by atomic mass is 16.3. The van der Waals surface area contributed by atoms with Crippen LogP contribution < -0.4 is 0 Å². The fourth-order valence-corrected chi connectivity index (χ4v) is 2.52. The Labute approximate surface area is 98.3 Å². The second kappa shape index (κ2) is 3.17. The summed E-state index contributed by atoms with van der Waals surface area (Å²) >= 11 is 0. The van der Waals surface area contributed by atoms with E-state index in [0.717, 1.165) is 27.4 Å². The summed E-state index contributed by atoms with van der Waals surface area (Å²) in [6.07, 6.45) is 0. The molecule has 0 unspecified atom stereocenters. The number of nitrogens with one attached hydrogen (secondary N) is 1. The maximum Gasteiger partial charge on any atom is 0.129 e. The monoisotopic (exact) mass is 227 g/mol. The second-order valence-corrected chi connectivity index (χ2v) is 4.52. The average Bonchev–Trinajstić information content (AvgIpc) is 2.55. The fourth-order valence-electron chi connectivity index (χ4n) is 2.52. The van der Waals surface area contributed by atoms with Crippen LogP contribution in [-0.2, 0) is 0 Å². The van der Waals surface area contributed by atoms with Crippen LogP contribution >= 0.6 is 0 Å². The number of hydrogen-bond donors (Lipinski definition) is 3. The van der Waals surface area contributed by atoms with Crippen molar-refractivity contribution in [2.75, 3.05) is 0 Å². The summed E-state index contributed by atoms with van der Waals surface area (Å²) in [6.45, 7) is 4.06. The maximum atomic E-state index is 9.95. The first-order chi connectivity index (χ1) is 8.06. The van der Waals surface area contributed by atoms with Crippen LogP contribution in [0.3, 0.4) is 0 Å². The molecule has 86 valence electrons. The first-order valence-electron chi connectivity index (χ1n) is 5.51. The number of aromatic hydroxyl groups is 2. The molecule has 0 spiro atoms. The van der Waals surface area contributed by atoms with E-state index >= 15 is 0 Å². The van der Waals surface area contributed by atoms with Gasteiger partial charge in [-0.15, -0.1) is 0 Å². The van der Waals surface area contributed by atoms with Crippen LogP contribution in [0.1, 0.15) is 11.1 Å². The van der Waals surface area contributed by atoms with Gasteiger partial charge < -0.3 is 15.2 Å². The van der Waals surface area contributed by atoms with Gasteiger partial charge in [-0.05, 0) is 31.0 Å². The van der Waals surface area contributed by atoms with Crippen molar-refractivity contribution in [3.05, 3.63) is 35.4 Å². The summed E-state index contributed by atoms with van der Waals surface area (Å²) < 4.78 is 0. The summed E-state index contributed by atoms with van der Waals surface area (Å²) in [7, 11) is 0. The molecule has 0 saturated heterocycles. The Morgan fingerprint density at radius 2 is 1.59 bits per heavy atom. The molecule has 0 fully saturated rings. The molecule has 2 aromatic carbocycles. The Morgan fingerprint density at radius 3 is 2.35 bits per heavy atom. The second-order valence-electron chi connectivity index (χ2n) is 4.52. The van der Waals surface area contributed by atoms with E-state index in [0.29, 0.717) is 0 Å². The zero-order valence-electron chi connectivity index (χ0n) is 9.70. The number of phenolic OH excluding ortho intramolecular Hbond substituents is 2. The molecule has 0 radical (unpaired) electrons. The average molecular weight is 227 g/mol. The topological polar surface area (TPSA) is 56.2 Å². The zero-order valence-corrected chi connectivity index (χ0v) is 9.70. The predicted molar refractivity (Wildman–Crippen MR) is 68.6 cm³/mol. The van der Waals surface area contributed by atoms with Crippen molar-refractivity contribution in [2.24, 2.45) is 0 Å². The van der Waals surface area contributed by atoms with Crippen molar-refractivity contribution in [3.63, 3.8) is 0 Å². The Kier molecular flexibility index (Phi) is 1.87. The van der Waals surface area contributed by atoms with Crippen LogP contribution in [0.2, 0.25) is 0 Å². The molecule has 0 aliphatic rings. The van der Waals surface area contributed by atoms with E-state index in [9.17, 15) is 10.2 Å². The van der Waals surface area contributed by atoms with Gasteiger partial charge in [0, 0.05) is 28.4 Å². The van der Waals surface area contributed by atoms with Crippen molar-refractivity contribution < 1.29 is 10.2 Å². The maximum absolute atomic E-state index is 9.95. The molecule has 0 saturated carbocycles. The summed E-state index contributed by atoms with van der Waals surface area (Å²) in [5.41, 5.74) is 4.03. The molecule has 3 nitrogen and oxygen atoms in total. The molecule has 3 N–H and O–H groups in total. The Bertz CT molecular complexity index is 679. The molecule has 0 aliphatic heterocycles. The number of benzene rings is 2. The highest BCUT2D eigenvalue weighted by molar-refractivity contribution is 6.12. The van der Waals surface area contributed by atoms with Gasteiger partial charge in [0.05, 0.1) is 5.52 Å². The Hall–Kier alpha value is -2.16. The predicted octanol–water partition coefficient (Wildman–Crippen LogP) is 3.35. The number of hydrogen-bond acceptors (Lipinski definition) is 2. The third-order valence-corrected chi connectivity index (χ3v) is 3.10. The lowest BCUT2D eigenvalue weighted by Crippen LogP contribution is -1.78. The first-order valence-corrected chi connectivity index (χ1v) is 5.51. The molecular formula is C14H13NO2. The molecule has 3 rings (SSSR count). The molecule has 17 heavy (non-hydrogen) atoms. The molecule has 0 bridgehead atoms. The van der Waals surface area contributed by atoms with Crippen LogP contribution in [0.4, 0.5) is 0 Å². The SMILES string of the molecule is Cc1cc(C)c2c(c1)[nH]c1cc(O)cc(O)c12. The molecule has 1 heterocycles. The number of fused-ring (bicyclic) bond motifs is 3. The van der Waals surface area contributed by atoms with Crippen LogP contribution in [0.5, 0.6) is 11.5 Å². The van der Waals surface area contributed by atoms with Gasteiger partial charge in [-0.2, -0.15) is 0 Å². The van der Waals surface area contributed by atoms with Crippen LogP contribution in [0, 0.1) is 13.8 Å². The lowest BCUT2D eigenvalue weighted by Gasteiger charge is -2.01. The minimum absolute atomic E-state index is 0.0657. The molecular weight excluding hydrogens is 214 g/mol. The molecule has 0 aliphatic carbocycles. The summed E-state index contributed by atoms with van der Waals surface area (Å²) in [5.74, 6) is 0.175. The van der Waals surface area contributed by atoms with Gasteiger partial charge in [-0.3, -0.25) is 0 Å². The van der Waals surface area contributed by atoms with Gasteiger partial charge in [0.25, 0.3) is 0 Å². The van der Waals surface area contributed by atoms with E-state index in [1.54, 1.807) is 6.07 Å². The lowest BCUT2D eigenvalue weighted by atomic mass is 10.0. The summed E-state index contributed by atoms with van der Waals surface area (Å²) in [6, 6.07) is 7.12. The van der Waals surface area contributed by atoms with Crippen LogP contribution in [-0.4, -0.2) is 15.2 Å². The number of H-pyrrole nitrogens is 1. The number of aromatic amines is 1. The van der Waals surface area contributed by atoms with Crippen molar-refractivity contribution in [3.8, 4) is 11.5 Å². The molecule has 1 aromatic heterocycles. The summed E-state index contributed by atoms with van der Waals surface area (Å²) in [4.78, 5) is 3.22. The van der Waals surface area contributed by atoms with E-state index in [4.69, 9.17) is 0 Å². The third-order valence-electron chi connectivity index (χ3n) is 3.10. The van der Waals surface area contributed by atoms with E-state index in [-0.39, 0.29) is 11.5 Å². The normalized spacial score (nSPS) is 11.4. The highest BCUT2D eigenvalue weighted by Crippen LogP contribution is 2.37. The number of aryl methyl sites for hydroxylation is 2. The molecule has 0 atom stereocenters. The highest BCUT2D eigenvalue weighted by Gasteiger charge is 2.12. The molecule has 3 aromatic rings. The molecule has 3 heteroatoms. The van der Waals surface area contributed by atoms with E-state index in [1.165, 1.54) is 11.6 Å². The van der Waals surface area contributed by atoms with E-state index < -0.39 is 0 Å². The van der Waals surface area contributed by atoms with Gasteiger partial charge in [0.2, 0.25) is 0 Å². The van der Waals surface area contributed by atoms with Crippen molar-refractivity contribution in [2.45, 2.75) is 13.8 Å². The zero-order chi connectivity index (χ0) is 12.2. The van der Waals surface area contributed by atoms with E-state index in [1.807, 2.05) is 19.9 Å². The fraction of sp³-hybridized carbons (Fsp3) is 0.143. The van der Waals surface area contributed by atoms with Crippen LogP contribution in [0.25, 0.3) is 21.8 Å². The largest absolute Gasteiger partial charge is 0.508 e. The minimum Gasteiger partial charge on any atom is -0.508 e. The lowest BCUT2D eigenvalue weighted by molar-refractivity contribution is 0.455.